The maximum absolute atomic E-state index is 2.59. The van der Waals surface area contributed by atoms with E-state index in [1.54, 1.807) is 39.0 Å². The Bertz CT molecular complexity index is 1460. The average Bonchev–Trinajstić information content (AvgIpc) is 3.36. The Labute approximate surface area is 246 Å². The number of benzene rings is 3. The van der Waals surface area contributed by atoms with Gasteiger partial charge in [0.05, 0.1) is 9.52 Å². The highest BCUT2D eigenvalue weighted by atomic mass is 28.2. The lowest BCUT2D eigenvalue weighted by atomic mass is 9.85. The second-order valence-corrected chi connectivity index (χ2v) is 15.0. The van der Waals surface area contributed by atoms with Crippen molar-refractivity contribution in [3.05, 3.63) is 116 Å². The van der Waals surface area contributed by atoms with E-state index < -0.39 is 0 Å². The molecule has 0 nitrogen and oxygen atoms in total. The first-order valence-corrected chi connectivity index (χ1v) is 16.7. The highest BCUT2D eigenvalue weighted by Gasteiger charge is 2.37. The van der Waals surface area contributed by atoms with Gasteiger partial charge in [0.2, 0.25) is 0 Å². The molecule has 0 saturated heterocycles. The van der Waals surface area contributed by atoms with E-state index in [0.29, 0.717) is 34.8 Å². The van der Waals surface area contributed by atoms with Crippen LogP contribution in [0.1, 0.15) is 154 Å². The number of hydrogen-bond donors (Lipinski definition) is 0. The van der Waals surface area contributed by atoms with Gasteiger partial charge in [-0.05, 0) is 111 Å². The van der Waals surface area contributed by atoms with E-state index in [2.05, 4.69) is 130 Å². The molecule has 40 heavy (non-hydrogen) atoms. The molecule has 0 aliphatic heterocycles. The van der Waals surface area contributed by atoms with E-state index in [9.17, 15) is 0 Å². The largest absolute Gasteiger partial charge is 0.0684 e. The third kappa shape index (κ3) is 5.23. The van der Waals surface area contributed by atoms with Gasteiger partial charge in [0.1, 0.15) is 0 Å². The summed E-state index contributed by atoms with van der Waals surface area (Å²) in [6, 6.07) is 21.3. The molecule has 2 atom stereocenters. The van der Waals surface area contributed by atoms with Crippen LogP contribution in [-0.4, -0.2) is 9.52 Å². The smallest absolute Gasteiger partial charge is 0.0678 e. The zero-order chi connectivity index (χ0) is 28.9. The highest BCUT2D eigenvalue weighted by molar-refractivity contribution is 6.44. The quantitative estimate of drug-likeness (QED) is 0.247. The van der Waals surface area contributed by atoms with E-state index in [1.165, 1.54) is 27.8 Å². The number of fused-ring (bicyclic) bond motifs is 2. The van der Waals surface area contributed by atoms with E-state index in [4.69, 9.17) is 0 Å². The molecular formula is C39H48Si. The molecule has 2 unspecified atom stereocenters. The van der Waals surface area contributed by atoms with Gasteiger partial charge in [0.25, 0.3) is 0 Å². The van der Waals surface area contributed by atoms with Gasteiger partial charge >= 0.3 is 0 Å². The maximum Gasteiger partial charge on any atom is 0.0678 e. The van der Waals surface area contributed by atoms with E-state index in [1.807, 2.05) is 0 Å². The fourth-order valence-corrected chi connectivity index (χ4v) is 8.74. The first kappa shape index (κ1) is 28.9. The van der Waals surface area contributed by atoms with Gasteiger partial charge in [-0.3, -0.25) is 0 Å². The predicted octanol–water partition coefficient (Wildman–Crippen LogP) is 11.1. The Hall–Kier alpha value is -2.64. The van der Waals surface area contributed by atoms with Crippen molar-refractivity contribution in [2.45, 2.75) is 110 Å². The van der Waals surface area contributed by atoms with E-state index in [-0.39, 0.29) is 0 Å². The fraction of sp³-hybridized carbons (Fsp3) is 0.436. The molecule has 0 spiro atoms. The lowest BCUT2D eigenvalue weighted by Gasteiger charge is -2.24. The summed E-state index contributed by atoms with van der Waals surface area (Å²) in [5, 5.41) is 0. The summed E-state index contributed by atoms with van der Waals surface area (Å²) in [4.78, 5) is 0. The van der Waals surface area contributed by atoms with E-state index in [0.717, 1.165) is 15.9 Å². The van der Waals surface area contributed by atoms with Crippen molar-refractivity contribution in [2.24, 2.45) is 0 Å². The molecule has 1 heteroatoms. The summed E-state index contributed by atoms with van der Waals surface area (Å²) >= 11 is 0. The van der Waals surface area contributed by atoms with Gasteiger partial charge < -0.3 is 0 Å². The minimum Gasteiger partial charge on any atom is -0.0684 e. The summed E-state index contributed by atoms with van der Waals surface area (Å²) in [6.07, 6.45) is 3.54. The van der Waals surface area contributed by atoms with Crippen molar-refractivity contribution in [1.82, 2.24) is 0 Å². The zero-order valence-corrected chi connectivity index (χ0v) is 27.4. The van der Waals surface area contributed by atoms with Crippen LogP contribution in [0.3, 0.4) is 0 Å². The Morgan fingerprint density at radius 1 is 0.650 bits per heavy atom. The molecule has 5 rings (SSSR count). The average molecular weight is 545 g/mol. The standard InChI is InChI=1S/C39H48Si/c1-22(2)29-18-31(24(5)6)34-16-26(9)38(35(34)20-29)40-39-27(10)33(17-28-14-12-11-13-15-28)37-32(25(7)8)19-30(23(3)4)21-36(37)39/h11-16,18-25,38-39H,17H2,1-10H3. The molecule has 0 amide bonds. The third-order valence-corrected chi connectivity index (χ3v) is 11.5. The van der Waals surface area contributed by atoms with Crippen LogP contribution in [0.15, 0.2) is 65.7 Å². The lowest BCUT2D eigenvalue weighted by Crippen LogP contribution is -2.18. The minimum atomic E-state index is 0.481. The zero-order valence-electron chi connectivity index (χ0n) is 26.4. The van der Waals surface area contributed by atoms with E-state index >= 15 is 0 Å². The van der Waals surface area contributed by atoms with Crippen molar-refractivity contribution in [3.63, 3.8) is 0 Å². The first-order chi connectivity index (χ1) is 19.0. The van der Waals surface area contributed by atoms with Crippen LogP contribution in [-0.2, 0) is 6.42 Å². The van der Waals surface area contributed by atoms with Crippen molar-refractivity contribution < 1.29 is 0 Å². The Morgan fingerprint density at radius 3 is 1.80 bits per heavy atom. The molecule has 2 aliphatic carbocycles. The number of rotatable bonds is 8. The van der Waals surface area contributed by atoms with Crippen LogP contribution in [0.5, 0.6) is 0 Å². The van der Waals surface area contributed by atoms with Crippen LogP contribution in [0.4, 0.5) is 0 Å². The van der Waals surface area contributed by atoms with Gasteiger partial charge in [0, 0.05) is 0 Å². The second kappa shape index (κ2) is 11.3. The Balaban J connectivity index is 1.66. The summed E-state index contributed by atoms with van der Waals surface area (Å²) in [5.41, 5.74) is 19.4. The van der Waals surface area contributed by atoms with Crippen molar-refractivity contribution >= 4 is 21.2 Å². The topological polar surface area (TPSA) is 0 Å². The molecule has 0 aromatic heterocycles. The predicted molar refractivity (Wildman–Crippen MR) is 177 cm³/mol. The molecule has 2 radical (unpaired) electrons. The maximum atomic E-state index is 2.59. The van der Waals surface area contributed by atoms with Crippen LogP contribution < -0.4 is 0 Å². The van der Waals surface area contributed by atoms with Gasteiger partial charge in [-0.2, -0.15) is 0 Å². The number of allylic oxidation sites excluding steroid dienone is 3. The van der Waals surface area contributed by atoms with Crippen LogP contribution in [0.25, 0.3) is 11.6 Å². The second-order valence-electron chi connectivity index (χ2n) is 13.6. The molecule has 3 aromatic rings. The van der Waals surface area contributed by atoms with Crippen LogP contribution >= 0.6 is 0 Å². The molecule has 0 saturated carbocycles. The monoisotopic (exact) mass is 544 g/mol. The summed E-state index contributed by atoms with van der Waals surface area (Å²) in [7, 11) is 0.814. The minimum absolute atomic E-state index is 0.481. The SMILES string of the molecule is CC1=Cc2c(C(C)C)cc(C(C)C)cc2C1[Si]C1C(C)=C(Cc2ccccc2)c2c(C(C)C)cc(C(C)C)cc21. The van der Waals surface area contributed by atoms with Crippen molar-refractivity contribution in [1.29, 1.82) is 0 Å². The van der Waals surface area contributed by atoms with Crippen LogP contribution in [0.2, 0.25) is 0 Å². The fourth-order valence-electron chi connectivity index (χ4n) is 6.81. The van der Waals surface area contributed by atoms with Crippen LogP contribution in [0, 0.1) is 0 Å². The van der Waals surface area contributed by atoms with Gasteiger partial charge in [-0.25, -0.2) is 0 Å². The molecule has 0 bridgehead atoms. The first-order valence-electron chi connectivity index (χ1n) is 15.5. The van der Waals surface area contributed by atoms with Gasteiger partial charge in [-0.15, -0.1) is 0 Å². The van der Waals surface area contributed by atoms with Crippen molar-refractivity contribution in [3.8, 4) is 0 Å². The molecule has 3 aromatic carbocycles. The Kier molecular flexibility index (Phi) is 8.17. The molecule has 0 fully saturated rings. The third-order valence-electron chi connectivity index (χ3n) is 9.28. The van der Waals surface area contributed by atoms with Gasteiger partial charge in [0.15, 0.2) is 0 Å². The van der Waals surface area contributed by atoms with Crippen molar-refractivity contribution in [2.75, 3.05) is 0 Å². The van der Waals surface area contributed by atoms with Gasteiger partial charge in [-0.1, -0.05) is 127 Å². The molecule has 0 heterocycles. The molecule has 208 valence electrons. The summed E-state index contributed by atoms with van der Waals surface area (Å²) in [5.74, 6) is 2.11. The Morgan fingerprint density at radius 2 is 1.23 bits per heavy atom. The summed E-state index contributed by atoms with van der Waals surface area (Å²) in [6.45, 7) is 23.7. The lowest BCUT2D eigenvalue weighted by molar-refractivity contribution is 0.824. The normalized spacial score (nSPS) is 18.4. The summed E-state index contributed by atoms with van der Waals surface area (Å²) < 4.78 is 0. The molecule has 2 aliphatic rings. The highest BCUT2D eigenvalue weighted by Crippen LogP contribution is 2.50. The molecule has 0 N–H and O–H groups in total. The number of hydrogen-bond acceptors (Lipinski definition) is 0. The molecular weight excluding hydrogens is 497 g/mol.